The zero-order valence-electron chi connectivity index (χ0n) is 10.5. The quantitative estimate of drug-likeness (QED) is 0.847. The van der Waals surface area contributed by atoms with Gasteiger partial charge in [0.1, 0.15) is 5.82 Å². The molecule has 2 aromatic rings. The zero-order chi connectivity index (χ0) is 13.6. The molecule has 19 heavy (non-hydrogen) atoms. The van der Waals surface area contributed by atoms with Crippen LogP contribution in [0.4, 0.5) is 4.39 Å². The lowest BCUT2D eigenvalue weighted by Gasteiger charge is -2.40. The van der Waals surface area contributed by atoms with Crippen LogP contribution in [0.25, 0.3) is 11.0 Å². The topological polar surface area (TPSA) is 29.9 Å². The Kier molecular flexibility index (Phi) is 3.27. The van der Waals surface area contributed by atoms with Crippen molar-refractivity contribution in [2.75, 3.05) is 7.11 Å². The van der Waals surface area contributed by atoms with Crippen molar-refractivity contribution in [3.05, 3.63) is 27.2 Å². The van der Waals surface area contributed by atoms with Crippen molar-refractivity contribution in [1.29, 1.82) is 0 Å². The average molecular weight is 345 g/mol. The Balaban J connectivity index is 2.10. The van der Waals surface area contributed by atoms with Crippen molar-refractivity contribution in [3.63, 3.8) is 0 Å². The fourth-order valence-electron chi connectivity index (χ4n) is 2.59. The van der Waals surface area contributed by atoms with Gasteiger partial charge in [0.25, 0.3) is 0 Å². The Hall–Kier alpha value is -0.720. The summed E-state index contributed by atoms with van der Waals surface area (Å²) >= 11 is 8.53. The number of methoxy groups -OCH3 is 1. The van der Waals surface area contributed by atoms with Crippen LogP contribution in [0, 0.1) is 10.6 Å². The normalized spacial score (nSPS) is 17.6. The SMILES string of the molecule is COC1(Cn2c(=S)[nH]c3cc(Br)c(F)cc32)CCC1. The lowest BCUT2D eigenvalue weighted by molar-refractivity contribution is -0.0830. The van der Waals surface area contributed by atoms with Crippen molar-refractivity contribution < 1.29 is 9.13 Å². The molecule has 102 valence electrons. The highest BCUT2D eigenvalue weighted by molar-refractivity contribution is 9.10. The maximum absolute atomic E-state index is 13.7. The molecule has 0 aliphatic heterocycles. The fourth-order valence-corrected chi connectivity index (χ4v) is 3.21. The number of aromatic nitrogens is 2. The molecule has 1 aromatic heterocycles. The van der Waals surface area contributed by atoms with Crippen LogP contribution in [0.3, 0.4) is 0 Å². The molecule has 0 spiro atoms. The first-order chi connectivity index (χ1) is 9.04. The van der Waals surface area contributed by atoms with E-state index in [4.69, 9.17) is 17.0 Å². The number of rotatable bonds is 3. The van der Waals surface area contributed by atoms with E-state index < -0.39 is 0 Å². The number of hydrogen-bond donors (Lipinski definition) is 1. The molecule has 1 fully saturated rings. The molecule has 0 amide bonds. The number of H-pyrrole nitrogens is 1. The van der Waals surface area contributed by atoms with E-state index in [1.54, 1.807) is 13.2 Å². The van der Waals surface area contributed by atoms with E-state index in [1.807, 2.05) is 4.57 Å². The van der Waals surface area contributed by atoms with E-state index in [1.165, 1.54) is 12.5 Å². The fraction of sp³-hybridized carbons (Fsp3) is 0.462. The minimum absolute atomic E-state index is 0.142. The van der Waals surface area contributed by atoms with Gasteiger partial charge in [0, 0.05) is 13.2 Å². The van der Waals surface area contributed by atoms with Gasteiger partial charge in [-0.25, -0.2) is 4.39 Å². The van der Waals surface area contributed by atoms with Crippen LogP contribution in [-0.2, 0) is 11.3 Å². The van der Waals surface area contributed by atoms with Gasteiger partial charge in [-0.1, -0.05) is 0 Å². The average Bonchev–Trinajstić information content (AvgIpc) is 2.61. The van der Waals surface area contributed by atoms with E-state index in [0.29, 0.717) is 15.8 Å². The molecule has 3 nitrogen and oxygen atoms in total. The highest BCUT2D eigenvalue weighted by Crippen LogP contribution is 2.37. The molecule has 1 heterocycles. The van der Waals surface area contributed by atoms with Gasteiger partial charge in [-0.2, -0.15) is 0 Å². The summed E-state index contributed by atoms with van der Waals surface area (Å²) in [5, 5.41) is 0. The monoisotopic (exact) mass is 344 g/mol. The van der Waals surface area contributed by atoms with Crippen LogP contribution in [0.1, 0.15) is 19.3 Å². The Morgan fingerprint density at radius 2 is 2.26 bits per heavy atom. The zero-order valence-corrected chi connectivity index (χ0v) is 12.9. The Morgan fingerprint density at radius 3 is 2.84 bits per heavy atom. The van der Waals surface area contributed by atoms with Gasteiger partial charge < -0.3 is 14.3 Å². The highest BCUT2D eigenvalue weighted by Gasteiger charge is 2.37. The first-order valence-electron chi connectivity index (χ1n) is 6.17. The number of hydrogen-bond acceptors (Lipinski definition) is 2. The lowest BCUT2D eigenvalue weighted by atomic mass is 9.80. The molecule has 6 heteroatoms. The van der Waals surface area contributed by atoms with Gasteiger partial charge >= 0.3 is 0 Å². The molecule has 1 saturated carbocycles. The molecular formula is C13H14BrFN2OS. The second-order valence-electron chi connectivity index (χ2n) is 5.04. The Bertz CT molecular complexity index is 684. The van der Waals surface area contributed by atoms with Crippen molar-refractivity contribution in [2.45, 2.75) is 31.4 Å². The summed E-state index contributed by atoms with van der Waals surface area (Å²) in [4.78, 5) is 3.12. The van der Waals surface area contributed by atoms with Gasteiger partial charge in [-0.05, 0) is 53.5 Å². The Labute approximate surface area is 123 Å². The summed E-state index contributed by atoms with van der Waals surface area (Å²) in [5.74, 6) is -0.282. The van der Waals surface area contributed by atoms with E-state index in [9.17, 15) is 4.39 Å². The summed E-state index contributed by atoms with van der Waals surface area (Å²) < 4.78 is 22.3. The predicted octanol–water partition coefficient (Wildman–Crippen LogP) is 4.17. The third-order valence-electron chi connectivity index (χ3n) is 3.96. The number of nitrogens with one attached hydrogen (secondary N) is 1. The summed E-state index contributed by atoms with van der Waals surface area (Å²) in [6, 6.07) is 3.23. The highest BCUT2D eigenvalue weighted by atomic mass is 79.9. The van der Waals surface area contributed by atoms with Gasteiger partial charge in [0.05, 0.1) is 27.7 Å². The van der Waals surface area contributed by atoms with Gasteiger partial charge in [0.2, 0.25) is 0 Å². The second kappa shape index (κ2) is 4.68. The first-order valence-corrected chi connectivity index (χ1v) is 7.37. The standard InChI is InChI=1S/C13H14BrFN2OS/c1-18-13(3-2-4-13)7-17-11-6-9(15)8(14)5-10(11)16-12(17)19/h5-6H,2-4,7H2,1H3,(H,16,19). The van der Waals surface area contributed by atoms with Crippen LogP contribution in [-0.4, -0.2) is 22.3 Å². The molecule has 1 aliphatic rings. The molecule has 0 radical (unpaired) electrons. The number of fused-ring (bicyclic) bond motifs is 1. The van der Waals surface area contributed by atoms with Crippen molar-refractivity contribution in [2.24, 2.45) is 0 Å². The van der Waals surface area contributed by atoms with E-state index in [2.05, 4.69) is 20.9 Å². The van der Waals surface area contributed by atoms with Crippen molar-refractivity contribution >= 4 is 39.2 Å². The predicted molar refractivity (Wildman–Crippen MR) is 78.4 cm³/mol. The second-order valence-corrected chi connectivity index (χ2v) is 6.28. The molecule has 3 rings (SSSR count). The maximum Gasteiger partial charge on any atom is 0.178 e. The van der Waals surface area contributed by atoms with Gasteiger partial charge in [-0.3, -0.25) is 0 Å². The third-order valence-corrected chi connectivity index (χ3v) is 4.89. The van der Waals surface area contributed by atoms with Crippen molar-refractivity contribution in [1.82, 2.24) is 9.55 Å². The number of benzene rings is 1. The summed E-state index contributed by atoms with van der Waals surface area (Å²) in [5.41, 5.74) is 1.48. The van der Waals surface area contributed by atoms with Crippen molar-refractivity contribution in [3.8, 4) is 0 Å². The van der Waals surface area contributed by atoms with E-state index in [0.717, 1.165) is 23.9 Å². The van der Waals surface area contributed by atoms with E-state index >= 15 is 0 Å². The maximum atomic E-state index is 13.7. The van der Waals surface area contributed by atoms with Crippen LogP contribution < -0.4 is 0 Å². The number of imidazole rings is 1. The smallest absolute Gasteiger partial charge is 0.178 e. The van der Waals surface area contributed by atoms with Crippen LogP contribution in [0.5, 0.6) is 0 Å². The van der Waals surface area contributed by atoms with Crippen LogP contribution >= 0.6 is 28.1 Å². The molecule has 0 unspecified atom stereocenters. The molecule has 0 saturated heterocycles. The summed E-state index contributed by atoms with van der Waals surface area (Å²) in [6.45, 7) is 0.670. The van der Waals surface area contributed by atoms with Crippen LogP contribution in [0.2, 0.25) is 0 Å². The molecular weight excluding hydrogens is 331 g/mol. The number of nitrogens with zero attached hydrogens (tertiary/aromatic N) is 1. The van der Waals surface area contributed by atoms with Gasteiger partial charge in [-0.15, -0.1) is 0 Å². The molecule has 0 bridgehead atoms. The Morgan fingerprint density at radius 1 is 1.53 bits per heavy atom. The number of halogens is 2. The molecule has 1 N–H and O–H groups in total. The number of ether oxygens (including phenoxy) is 1. The van der Waals surface area contributed by atoms with E-state index in [-0.39, 0.29) is 11.4 Å². The minimum Gasteiger partial charge on any atom is -0.376 e. The molecule has 1 aliphatic carbocycles. The lowest BCUT2D eigenvalue weighted by Crippen LogP contribution is -2.43. The third kappa shape index (κ3) is 2.15. The first kappa shape index (κ1) is 13.3. The van der Waals surface area contributed by atoms with Gasteiger partial charge in [0.15, 0.2) is 4.77 Å². The summed E-state index contributed by atoms with van der Waals surface area (Å²) in [6.07, 6.45) is 3.22. The number of aromatic amines is 1. The summed E-state index contributed by atoms with van der Waals surface area (Å²) in [7, 11) is 1.73. The largest absolute Gasteiger partial charge is 0.376 e. The minimum atomic E-state index is -0.282. The van der Waals surface area contributed by atoms with Crippen LogP contribution in [0.15, 0.2) is 16.6 Å². The molecule has 0 atom stereocenters. The molecule has 1 aromatic carbocycles.